The number of aryl methyl sites for hydroxylation is 1. The molecule has 0 aliphatic rings. The Hall–Kier alpha value is -3.44. The van der Waals surface area contributed by atoms with Crippen LogP contribution in [0.5, 0.6) is 5.75 Å². The number of carbonyl (C=O) groups is 1. The smallest absolute Gasteiger partial charge is 0.127 e. The molecular formula is C24H18NO3S-. The van der Waals surface area contributed by atoms with Crippen molar-refractivity contribution in [1.29, 1.82) is 0 Å². The second-order valence-electron chi connectivity index (χ2n) is 6.57. The first-order valence-corrected chi connectivity index (χ1v) is 9.99. The predicted octanol–water partition coefficient (Wildman–Crippen LogP) is 4.73. The Morgan fingerprint density at radius 3 is 2.31 bits per heavy atom. The number of thiazole rings is 1. The molecule has 0 saturated carbocycles. The predicted molar refractivity (Wildman–Crippen MR) is 113 cm³/mol. The van der Waals surface area contributed by atoms with E-state index >= 15 is 0 Å². The summed E-state index contributed by atoms with van der Waals surface area (Å²) in [5.41, 5.74) is 4.54. The molecule has 5 heteroatoms. The molecular weight excluding hydrogens is 382 g/mol. The van der Waals surface area contributed by atoms with Crippen LogP contribution in [-0.4, -0.2) is 11.0 Å². The number of para-hydroxylation sites is 1. The summed E-state index contributed by atoms with van der Waals surface area (Å²) in [6, 6.07) is 25.9. The number of aromatic carboxylic acids is 1. The van der Waals surface area contributed by atoms with Crippen molar-refractivity contribution in [3.63, 3.8) is 0 Å². The van der Waals surface area contributed by atoms with E-state index in [1.165, 1.54) is 0 Å². The highest BCUT2D eigenvalue weighted by Gasteiger charge is 2.10. The second kappa shape index (κ2) is 8.29. The first-order valence-electron chi connectivity index (χ1n) is 9.17. The van der Waals surface area contributed by atoms with Gasteiger partial charge in [0.1, 0.15) is 17.4 Å². The molecule has 4 nitrogen and oxygen atoms in total. The Bertz CT molecular complexity index is 1130. The summed E-state index contributed by atoms with van der Waals surface area (Å²) in [7, 11) is 0. The molecule has 0 N–H and O–H groups in total. The standard InChI is InChI=1S/C24H19NO3S/c1-16-22(24(26)27)29-23(25-16)19-13-11-17(12-14-19)15-28-21-10-6-5-9-20(21)18-7-3-2-4-8-18/h2-14H,15H2,1H3,(H,26,27)/p-1. The average molecular weight is 400 g/mol. The van der Waals surface area contributed by atoms with Gasteiger partial charge in [-0.2, -0.15) is 0 Å². The zero-order valence-electron chi connectivity index (χ0n) is 15.8. The molecule has 1 heterocycles. The van der Waals surface area contributed by atoms with Crippen molar-refractivity contribution in [2.24, 2.45) is 0 Å². The van der Waals surface area contributed by atoms with Crippen molar-refractivity contribution in [3.8, 4) is 27.4 Å². The summed E-state index contributed by atoms with van der Waals surface area (Å²) in [4.78, 5) is 15.6. The topological polar surface area (TPSA) is 62.2 Å². The zero-order valence-corrected chi connectivity index (χ0v) is 16.6. The first kappa shape index (κ1) is 18.9. The molecule has 0 radical (unpaired) electrons. The molecule has 0 amide bonds. The normalized spacial score (nSPS) is 10.7. The summed E-state index contributed by atoms with van der Waals surface area (Å²) in [5, 5.41) is 11.8. The van der Waals surface area contributed by atoms with Gasteiger partial charge in [0.05, 0.1) is 16.5 Å². The van der Waals surface area contributed by atoms with Crippen molar-refractivity contribution >= 4 is 17.3 Å². The van der Waals surface area contributed by atoms with Crippen molar-refractivity contribution in [1.82, 2.24) is 4.98 Å². The summed E-state index contributed by atoms with van der Waals surface area (Å²) in [5.74, 6) is -0.356. The van der Waals surface area contributed by atoms with Crippen LogP contribution in [0.25, 0.3) is 21.7 Å². The maximum atomic E-state index is 11.1. The quantitative estimate of drug-likeness (QED) is 0.469. The molecule has 0 aliphatic carbocycles. The Labute approximate surface area is 173 Å². The van der Waals surface area contributed by atoms with E-state index < -0.39 is 5.97 Å². The monoisotopic (exact) mass is 400 g/mol. The molecule has 0 atom stereocenters. The van der Waals surface area contributed by atoms with E-state index in [1.54, 1.807) is 6.92 Å². The van der Waals surface area contributed by atoms with E-state index in [0.29, 0.717) is 17.3 Å². The lowest BCUT2D eigenvalue weighted by molar-refractivity contribution is -0.254. The number of hydrogen-bond donors (Lipinski definition) is 0. The van der Waals surface area contributed by atoms with E-state index in [9.17, 15) is 9.90 Å². The zero-order chi connectivity index (χ0) is 20.2. The highest BCUT2D eigenvalue weighted by Crippen LogP contribution is 2.31. The highest BCUT2D eigenvalue weighted by atomic mass is 32.1. The lowest BCUT2D eigenvalue weighted by atomic mass is 10.0. The van der Waals surface area contributed by atoms with Crippen LogP contribution in [0.4, 0.5) is 0 Å². The first-order chi connectivity index (χ1) is 14.1. The van der Waals surface area contributed by atoms with Crippen LogP contribution < -0.4 is 9.84 Å². The van der Waals surface area contributed by atoms with Crippen molar-refractivity contribution < 1.29 is 14.6 Å². The Kier molecular flexibility index (Phi) is 5.40. The number of nitrogens with zero attached hydrogens (tertiary/aromatic N) is 1. The average Bonchev–Trinajstić information content (AvgIpc) is 3.15. The fraction of sp³-hybridized carbons (Fsp3) is 0.0833. The molecule has 0 fully saturated rings. The molecule has 3 aromatic carbocycles. The molecule has 29 heavy (non-hydrogen) atoms. The minimum atomic E-state index is -1.19. The van der Waals surface area contributed by atoms with Gasteiger partial charge in [0.15, 0.2) is 0 Å². The van der Waals surface area contributed by atoms with Crippen LogP contribution in [0.2, 0.25) is 0 Å². The summed E-state index contributed by atoms with van der Waals surface area (Å²) >= 11 is 1.13. The van der Waals surface area contributed by atoms with E-state index in [1.807, 2.05) is 66.7 Å². The third-order valence-corrected chi connectivity index (χ3v) is 5.74. The van der Waals surface area contributed by atoms with Crippen LogP contribution in [0, 0.1) is 6.92 Å². The molecule has 1 aromatic heterocycles. The fourth-order valence-corrected chi connectivity index (χ4v) is 3.97. The van der Waals surface area contributed by atoms with Gasteiger partial charge < -0.3 is 14.6 Å². The lowest BCUT2D eigenvalue weighted by Gasteiger charge is -2.12. The van der Waals surface area contributed by atoms with Crippen LogP contribution in [0.1, 0.15) is 20.9 Å². The molecule has 4 aromatic rings. The molecule has 0 bridgehead atoms. The number of benzene rings is 3. The summed E-state index contributed by atoms with van der Waals surface area (Å²) in [6.45, 7) is 2.11. The van der Waals surface area contributed by atoms with Crippen molar-refractivity contribution in [2.45, 2.75) is 13.5 Å². The maximum absolute atomic E-state index is 11.1. The van der Waals surface area contributed by atoms with Gasteiger partial charge in [-0.15, -0.1) is 11.3 Å². The summed E-state index contributed by atoms with van der Waals surface area (Å²) in [6.07, 6.45) is 0. The van der Waals surface area contributed by atoms with E-state index in [0.717, 1.165) is 39.3 Å². The number of carboxylic acid groups (broad SMARTS) is 1. The molecule has 0 unspecified atom stereocenters. The molecule has 0 aliphatic heterocycles. The molecule has 4 rings (SSSR count). The molecule has 0 spiro atoms. The Morgan fingerprint density at radius 1 is 0.931 bits per heavy atom. The van der Waals surface area contributed by atoms with Gasteiger partial charge in [0.2, 0.25) is 0 Å². The fourth-order valence-electron chi connectivity index (χ4n) is 3.06. The van der Waals surface area contributed by atoms with Crippen LogP contribution in [-0.2, 0) is 6.61 Å². The number of hydrogen-bond acceptors (Lipinski definition) is 5. The lowest BCUT2D eigenvalue weighted by Crippen LogP contribution is -2.21. The van der Waals surface area contributed by atoms with Crippen molar-refractivity contribution in [3.05, 3.63) is 95.0 Å². The number of carboxylic acids is 1. The summed E-state index contributed by atoms with van der Waals surface area (Å²) < 4.78 is 6.08. The molecule has 0 saturated heterocycles. The highest BCUT2D eigenvalue weighted by molar-refractivity contribution is 7.17. The van der Waals surface area contributed by atoms with Crippen LogP contribution in [0.3, 0.4) is 0 Å². The van der Waals surface area contributed by atoms with E-state index in [-0.39, 0.29) is 4.88 Å². The van der Waals surface area contributed by atoms with Gasteiger partial charge >= 0.3 is 0 Å². The van der Waals surface area contributed by atoms with Gasteiger partial charge in [-0.25, -0.2) is 4.98 Å². The number of ether oxygens (including phenoxy) is 1. The van der Waals surface area contributed by atoms with Crippen LogP contribution >= 0.6 is 11.3 Å². The minimum Gasteiger partial charge on any atom is -0.544 e. The van der Waals surface area contributed by atoms with Crippen molar-refractivity contribution in [2.75, 3.05) is 0 Å². The SMILES string of the molecule is Cc1nc(-c2ccc(COc3ccccc3-c3ccccc3)cc2)sc1C(=O)[O-]. The number of rotatable bonds is 6. The third-order valence-electron chi connectivity index (χ3n) is 4.55. The minimum absolute atomic E-state index is 0.171. The van der Waals surface area contributed by atoms with Gasteiger partial charge in [0.25, 0.3) is 0 Å². The van der Waals surface area contributed by atoms with E-state index in [4.69, 9.17) is 4.74 Å². The Balaban J connectivity index is 1.50. The van der Waals surface area contributed by atoms with Gasteiger partial charge in [-0.1, -0.05) is 72.8 Å². The van der Waals surface area contributed by atoms with Gasteiger partial charge in [-0.05, 0) is 24.1 Å². The van der Waals surface area contributed by atoms with Gasteiger partial charge in [-0.3, -0.25) is 0 Å². The largest absolute Gasteiger partial charge is 0.544 e. The third kappa shape index (κ3) is 4.20. The maximum Gasteiger partial charge on any atom is 0.127 e. The second-order valence-corrected chi connectivity index (χ2v) is 7.57. The van der Waals surface area contributed by atoms with Gasteiger partial charge in [0, 0.05) is 11.1 Å². The van der Waals surface area contributed by atoms with Crippen LogP contribution in [0.15, 0.2) is 78.9 Å². The number of carbonyl (C=O) groups excluding carboxylic acids is 1. The molecule has 144 valence electrons. The number of aromatic nitrogens is 1. The Morgan fingerprint density at radius 2 is 1.62 bits per heavy atom. The van der Waals surface area contributed by atoms with E-state index in [2.05, 4.69) is 17.1 Å².